The summed E-state index contributed by atoms with van der Waals surface area (Å²) >= 11 is 0. The van der Waals surface area contributed by atoms with Crippen LogP contribution in [0.15, 0.2) is 72.8 Å². The Balaban J connectivity index is 1.60. The molecule has 2 amide bonds. The number of nitrogens with zero attached hydrogens (tertiary/aromatic N) is 4. The first-order valence-corrected chi connectivity index (χ1v) is 13.4. The molecule has 1 aromatic heterocycles. The number of carbonyl (C=O) groups excluding carboxylic acids is 2. The number of amides is 2. The van der Waals surface area contributed by atoms with Crippen molar-refractivity contribution in [1.29, 1.82) is 0 Å². The van der Waals surface area contributed by atoms with E-state index in [2.05, 4.69) is 15.6 Å². The summed E-state index contributed by atoms with van der Waals surface area (Å²) in [6, 6.07) is 21.1. The van der Waals surface area contributed by atoms with Crippen LogP contribution >= 0.6 is 0 Å². The van der Waals surface area contributed by atoms with Gasteiger partial charge in [0.05, 0.1) is 19.2 Å². The van der Waals surface area contributed by atoms with Gasteiger partial charge >= 0.3 is 0 Å². The Kier molecular flexibility index (Phi) is 8.05. The van der Waals surface area contributed by atoms with E-state index in [0.717, 1.165) is 31.2 Å². The minimum absolute atomic E-state index is 0.0753. The Bertz CT molecular complexity index is 1430. The quantitative estimate of drug-likeness (QED) is 0.322. The van der Waals surface area contributed by atoms with Crippen molar-refractivity contribution in [2.24, 2.45) is 0 Å². The zero-order valence-corrected chi connectivity index (χ0v) is 22.2. The van der Waals surface area contributed by atoms with Gasteiger partial charge in [0.25, 0.3) is 0 Å². The first-order chi connectivity index (χ1) is 19.1. The molecule has 1 N–H and O–H groups in total. The number of aromatic nitrogens is 3. The number of ether oxygens (including phenoxy) is 2. The molecule has 1 fully saturated rings. The average molecular weight is 528 g/mol. The van der Waals surface area contributed by atoms with Gasteiger partial charge in [-0.3, -0.25) is 14.5 Å². The second-order valence-electron chi connectivity index (χ2n) is 9.56. The Morgan fingerprint density at radius 3 is 2.49 bits per heavy atom. The number of hydrogen-bond acceptors (Lipinski definition) is 6. The van der Waals surface area contributed by atoms with Gasteiger partial charge in [-0.25, -0.2) is 4.68 Å². The predicted octanol–water partition coefficient (Wildman–Crippen LogP) is 4.67. The molecule has 1 saturated carbocycles. The Hall–Kier alpha value is -4.40. The predicted molar refractivity (Wildman–Crippen MR) is 149 cm³/mol. The van der Waals surface area contributed by atoms with E-state index < -0.39 is 6.04 Å². The van der Waals surface area contributed by atoms with Crippen molar-refractivity contribution >= 4 is 28.5 Å². The van der Waals surface area contributed by atoms with Gasteiger partial charge in [-0.05, 0) is 62.2 Å². The van der Waals surface area contributed by atoms with Crippen molar-refractivity contribution in [3.63, 3.8) is 0 Å². The van der Waals surface area contributed by atoms with Gasteiger partial charge in [-0.15, -0.1) is 5.10 Å². The van der Waals surface area contributed by atoms with E-state index >= 15 is 0 Å². The van der Waals surface area contributed by atoms with Crippen LogP contribution in [-0.4, -0.2) is 46.6 Å². The standard InChI is InChI=1S/C30H33N5O4/c1-3-39-27-15-9-6-12-24(27)29(30(37)31-21-10-4-5-11-21)35(22-16-18-23(38-2)19-17-22)28(36)20-34-26-14-8-7-13-25(26)32-33-34/h6-9,12-19,21,29H,3-5,10-11,20H2,1-2H3,(H,31,37)/t29-/m0/s1. The van der Waals surface area contributed by atoms with Gasteiger partial charge in [-0.2, -0.15) is 0 Å². The highest BCUT2D eigenvalue weighted by Crippen LogP contribution is 2.35. The van der Waals surface area contributed by atoms with Crippen LogP contribution < -0.4 is 19.7 Å². The molecule has 9 heteroatoms. The molecule has 0 radical (unpaired) electrons. The third kappa shape index (κ3) is 5.72. The maximum absolute atomic E-state index is 14.2. The number of carbonyl (C=O) groups is 2. The van der Waals surface area contributed by atoms with Gasteiger partial charge in [0.15, 0.2) is 0 Å². The smallest absolute Gasteiger partial charge is 0.249 e. The summed E-state index contributed by atoms with van der Waals surface area (Å²) < 4.78 is 12.9. The summed E-state index contributed by atoms with van der Waals surface area (Å²) in [5.74, 6) is 0.648. The topological polar surface area (TPSA) is 98.6 Å². The molecule has 4 aromatic rings. The van der Waals surface area contributed by atoms with Gasteiger partial charge in [0.2, 0.25) is 11.8 Å². The lowest BCUT2D eigenvalue weighted by Crippen LogP contribution is -2.47. The van der Waals surface area contributed by atoms with E-state index in [0.29, 0.717) is 34.9 Å². The number of nitrogens with one attached hydrogen (secondary N) is 1. The molecule has 0 spiro atoms. The van der Waals surface area contributed by atoms with Crippen molar-refractivity contribution in [2.75, 3.05) is 18.6 Å². The molecular formula is C30H33N5O4. The Morgan fingerprint density at radius 2 is 1.74 bits per heavy atom. The fourth-order valence-corrected chi connectivity index (χ4v) is 5.16. The third-order valence-electron chi connectivity index (χ3n) is 7.05. The molecule has 0 aliphatic heterocycles. The van der Waals surface area contributed by atoms with Gasteiger partial charge < -0.3 is 14.8 Å². The van der Waals surface area contributed by atoms with Crippen molar-refractivity contribution in [3.8, 4) is 11.5 Å². The van der Waals surface area contributed by atoms with Crippen LogP contribution in [0.3, 0.4) is 0 Å². The van der Waals surface area contributed by atoms with Crippen LogP contribution in [0.5, 0.6) is 11.5 Å². The van der Waals surface area contributed by atoms with Crippen LogP contribution in [0.1, 0.15) is 44.2 Å². The lowest BCUT2D eigenvalue weighted by atomic mass is 10.0. The van der Waals surface area contributed by atoms with Crippen LogP contribution in [0.4, 0.5) is 5.69 Å². The molecule has 39 heavy (non-hydrogen) atoms. The molecule has 3 aromatic carbocycles. The van der Waals surface area contributed by atoms with Crippen LogP contribution in [0.2, 0.25) is 0 Å². The van der Waals surface area contributed by atoms with Crippen molar-refractivity contribution in [3.05, 3.63) is 78.4 Å². The molecule has 9 nitrogen and oxygen atoms in total. The van der Waals surface area contributed by atoms with E-state index in [4.69, 9.17) is 9.47 Å². The van der Waals surface area contributed by atoms with Crippen LogP contribution in [0, 0.1) is 0 Å². The zero-order chi connectivity index (χ0) is 27.2. The first kappa shape index (κ1) is 26.2. The summed E-state index contributed by atoms with van der Waals surface area (Å²) in [7, 11) is 1.59. The lowest BCUT2D eigenvalue weighted by Gasteiger charge is -2.33. The highest BCUT2D eigenvalue weighted by molar-refractivity contribution is 6.02. The zero-order valence-electron chi connectivity index (χ0n) is 22.2. The number of para-hydroxylation sites is 2. The number of fused-ring (bicyclic) bond motifs is 1. The van der Waals surface area contributed by atoms with Crippen molar-refractivity contribution in [1.82, 2.24) is 20.3 Å². The Labute approximate surface area is 227 Å². The number of methoxy groups -OCH3 is 1. The largest absolute Gasteiger partial charge is 0.497 e. The van der Waals surface area contributed by atoms with E-state index in [-0.39, 0.29) is 24.4 Å². The summed E-state index contributed by atoms with van der Waals surface area (Å²) in [5.41, 5.74) is 2.60. The number of rotatable bonds is 10. The molecule has 0 unspecified atom stereocenters. The molecule has 1 atom stereocenters. The molecule has 0 bridgehead atoms. The summed E-state index contributed by atoms with van der Waals surface area (Å²) in [5, 5.41) is 11.6. The van der Waals surface area contributed by atoms with E-state index in [9.17, 15) is 9.59 Å². The fraction of sp³-hybridized carbons (Fsp3) is 0.333. The van der Waals surface area contributed by atoms with Gasteiger partial charge in [-0.1, -0.05) is 48.4 Å². The van der Waals surface area contributed by atoms with Gasteiger partial charge in [0, 0.05) is 17.3 Å². The molecular weight excluding hydrogens is 494 g/mol. The van der Waals surface area contributed by atoms with E-state index in [1.807, 2.05) is 55.5 Å². The molecule has 202 valence electrons. The molecule has 1 aliphatic rings. The van der Waals surface area contributed by atoms with Crippen molar-refractivity contribution < 1.29 is 19.1 Å². The fourth-order valence-electron chi connectivity index (χ4n) is 5.16. The monoisotopic (exact) mass is 527 g/mol. The maximum Gasteiger partial charge on any atom is 0.249 e. The van der Waals surface area contributed by atoms with Gasteiger partial charge in [0.1, 0.15) is 29.6 Å². The van der Waals surface area contributed by atoms with Crippen LogP contribution in [0.25, 0.3) is 11.0 Å². The second-order valence-corrected chi connectivity index (χ2v) is 9.56. The minimum atomic E-state index is -0.968. The number of benzene rings is 3. The average Bonchev–Trinajstić information content (AvgIpc) is 3.62. The molecule has 5 rings (SSSR count). The third-order valence-corrected chi connectivity index (χ3v) is 7.05. The molecule has 1 aliphatic carbocycles. The molecule has 0 saturated heterocycles. The first-order valence-electron chi connectivity index (χ1n) is 13.4. The number of hydrogen-bond donors (Lipinski definition) is 1. The highest BCUT2D eigenvalue weighted by Gasteiger charge is 2.36. The SMILES string of the molecule is CCOc1ccccc1[C@@H](C(=O)NC1CCCC1)N(C(=O)Cn1nnc2ccccc21)c1ccc(OC)cc1. The van der Waals surface area contributed by atoms with Crippen LogP contribution in [-0.2, 0) is 16.1 Å². The summed E-state index contributed by atoms with van der Waals surface area (Å²) in [4.78, 5) is 29.9. The minimum Gasteiger partial charge on any atom is -0.497 e. The van der Waals surface area contributed by atoms with E-state index in [1.54, 1.807) is 36.1 Å². The Morgan fingerprint density at radius 1 is 1.03 bits per heavy atom. The lowest BCUT2D eigenvalue weighted by molar-refractivity contribution is -0.127. The second kappa shape index (κ2) is 12.0. The summed E-state index contributed by atoms with van der Waals surface area (Å²) in [6.45, 7) is 2.22. The molecule has 1 heterocycles. The van der Waals surface area contributed by atoms with E-state index in [1.165, 1.54) is 4.90 Å². The van der Waals surface area contributed by atoms with Crippen molar-refractivity contribution in [2.45, 2.75) is 51.2 Å². The maximum atomic E-state index is 14.2. The highest BCUT2D eigenvalue weighted by atomic mass is 16.5. The number of anilines is 1. The normalized spacial score (nSPS) is 14.2. The summed E-state index contributed by atoms with van der Waals surface area (Å²) in [6.07, 6.45) is 4.00.